The largest absolute Gasteiger partial charge is 0.248 e. The Morgan fingerprint density at radius 1 is 0.667 bits per heavy atom. The summed E-state index contributed by atoms with van der Waals surface area (Å²) in [5.74, 6) is 0. The van der Waals surface area contributed by atoms with Crippen LogP contribution in [0.1, 0.15) is 11.1 Å². The quantitative estimate of drug-likeness (QED) is 0.233. The summed E-state index contributed by atoms with van der Waals surface area (Å²) >= 11 is 1.72. The van der Waals surface area contributed by atoms with E-state index in [0.29, 0.717) is 0 Å². The van der Waals surface area contributed by atoms with E-state index in [-0.39, 0.29) is 0 Å². The Hall–Kier alpha value is -3.36. The number of allylic oxidation sites excluding steroid dienone is 1. The van der Waals surface area contributed by atoms with Crippen molar-refractivity contribution in [2.45, 2.75) is 11.8 Å². The maximum Gasteiger partial charge on any atom is 0.0714 e. The maximum atomic E-state index is 4.90. The number of nitrogens with zero attached hydrogens (tertiary/aromatic N) is 1. The second-order valence-electron chi connectivity index (χ2n) is 6.96. The summed E-state index contributed by atoms with van der Waals surface area (Å²) in [6.07, 6.45) is 2.10. The number of aliphatic imine (C=N–C) groups is 1. The van der Waals surface area contributed by atoms with Crippen LogP contribution in [-0.2, 0) is 0 Å². The van der Waals surface area contributed by atoms with E-state index in [2.05, 4.69) is 91.2 Å². The Labute approximate surface area is 182 Å². The molecule has 0 aliphatic rings. The molecule has 0 aliphatic carbocycles. The average molecular weight is 406 g/mol. The lowest BCUT2D eigenvalue weighted by Gasteiger charge is -2.06. The summed E-state index contributed by atoms with van der Waals surface area (Å²) in [5, 5.41) is 2.12. The van der Waals surface area contributed by atoms with Gasteiger partial charge in [0.1, 0.15) is 0 Å². The Balaban J connectivity index is 1.63. The number of aryl methyl sites for hydroxylation is 1. The van der Waals surface area contributed by atoms with Crippen LogP contribution in [0, 0.1) is 6.92 Å². The summed E-state index contributed by atoms with van der Waals surface area (Å²) in [5.41, 5.74) is 6.70. The molecule has 0 bridgehead atoms. The molecular weight excluding hydrogens is 382 g/mol. The van der Waals surface area contributed by atoms with E-state index in [1.165, 1.54) is 21.6 Å². The van der Waals surface area contributed by atoms with E-state index in [4.69, 9.17) is 4.99 Å². The highest BCUT2D eigenvalue weighted by molar-refractivity contribution is 8.02. The normalized spacial score (nSPS) is 11.7. The Bertz CT molecular complexity index is 1140. The molecule has 0 radical (unpaired) electrons. The zero-order valence-corrected chi connectivity index (χ0v) is 17.7. The Morgan fingerprint density at radius 2 is 1.27 bits per heavy atom. The molecule has 0 saturated carbocycles. The van der Waals surface area contributed by atoms with Crippen molar-refractivity contribution in [1.29, 1.82) is 0 Å². The first-order chi connectivity index (χ1) is 14.8. The van der Waals surface area contributed by atoms with Crippen LogP contribution < -0.4 is 0 Å². The molecule has 0 N–H and O–H groups in total. The van der Waals surface area contributed by atoms with Crippen LogP contribution in [0.25, 0.3) is 11.1 Å². The van der Waals surface area contributed by atoms with Crippen molar-refractivity contribution >= 4 is 23.2 Å². The minimum Gasteiger partial charge on any atom is -0.248 e. The molecule has 30 heavy (non-hydrogen) atoms. The van der Waals surface area contributed by atoms with Gasteiger partial charge in [0.2, 0.25) is 0 Å². The molecule has 0 unspecified atom stereocenters. The molecule has 0 atom stereocenters. The van der Waals surface area contributed by atoms with Crippen molar-refractivity contribution in [2.24, 2.45) is 4.99 Å². The second kappa shape index (κ2) is 9.91. The standard InChI is InChI=1S/C28H23NS/c1-22-10-8-9-15-28(22)30-21-20-27(29-26-13-6-3-7-14-26)25-18-16-24(17-19-25)23-11-4-2-5-12-23/h2-21H,1H3. The minimum atomic E-state index is 0.946. The van der Waals surface area contributed by atoms with Crippen molar-refractivity contribution in [2.75, 3.05) is 0 Å². The van der Waals surface area contributed by atoms with Gasteiger partial charge in [-0.05, 0) is 53.3 Å². The van der Waals surface area contributed by atoms with Gasteiger partial charge in [-0.25, -0.2) is 4.99 Å². The fourth-order valence-electron chi connectivity index (χ4n) is 3.16. The smallest absolute Gasteiger partial charge is 0.0714 e. The van der Waals surface area contributed by atoms with Crippen LogP contribution in [0.3, 0.4) is 0 Å². The molecule has 0 aliphatic heterocycles. The molecule has 0 heterocycles. The average Bonchev–Trinajstić information content (AvgIpc) is 2.81. The number of rotatable bonds is 6. The fraction of sp³-hybridized carbons (Fsp3) is 0.0357. The van der Waals surface area contributed by atoms with Crippen molar-refractivity contribution in [3.05, 3.63) is 132 Å². The highest BCUT2D eigenvalue weighted by Crippen LogP contribution is 2.24. The first kappa shape index (κ1) is 19.9. The van der Waals surface area contributed by atoms with Gasteiger partial charge in [-0.15, -0.1) is 0 Å². The van der Waals surface area contributed by atoms with E-state index in [9.17, 15) is 0 Å². The predicted octanol–water partition coefficient (Wildman–Crippen LogP) is 8.09. The van der Waals surface area contributed by atoms with Gasteiger partial charge in [0.15, 0.2) is 0 Å². The SMILES string of the molecule is Cc1ccccc1SC=CC(=Nc1ccccc1)c1ccc(-c2ccccc2)cc1. The molecular formula is C28H23NS. The van der Waals surface area contributed by atoms with Crippen LogP contribution >= 0.6 is 11.8 Å². The molecule has 4 aromatic rings. The Kier molecular flexibility index (Phi) is 6.58. The topological polar surface area (TPSA) is 12.4 Å². The molecule has 2 heteroatoms. The number of para-hydroxylation sites is 1. The third kappa shape index (κ3) is 5.16. The maximum absolute atomic E-state index is 4.90. The number of benzene rings is 4. The van der Waals surface area contributed by atoms with Crippen molar-refractivity contribution in [3.8, 4) is 11.1 Å². The van der Waals surface area contributed by atoms with E-state index in [1.807, 2.05) is 36.4 Å². The predicted molar refractivity (Wildman–Crippen MR) is 131 cm³/mol. The van der Waals surface area contributed by atoms with Gasteiger partial charge in [0.25, 0.3) is 0 Å². The Morgan fingerprint density at radius 3 is 1.97 bits per heavy atom. The van der Waals surface area contributed by atoms with Crippen molar-refractivity contribution < 1.29 is 0 Å². The third-order valence-corrected chi connectivity index (χ3v) is 5.79. The lowest BCUT2D eigenvalue weighted by Crippen LogP contribution is -1.96. The lowest BCUT2D eigenvalue weighted by atomic mass is 10.0. The summed E-state index contributed by atoms with van der Waals surface area (Å²) in [7, 11) is 0. The molecule has 4 aromatic carbocycles. The zero-order valence-electron chi connectivity index (χ0n) is 16.9. The third-order valence-electron chi connectivity index (χ3n) is 4.81. The van der Waals surface area contributed by atoms with E-state index >= 15 is 0 Å². The van der Waals surface area contributed by atoms with Crippen molar-refractivity contribution in [1.82, 2.24) is 0 Å². The number of thioether (sulfide) groups is 1. The van der Waals surface area contributed by atoms with Crippen LogP contribution in [0.2, 0.25) is 0 Å². The van der Waals surface area contributed by atoms with Crippen LogP contribution in [-0.4, -0.2) is 5.71 Å². The lowest BCUT2D eigenvalue weighted by molar-refractivity contribution is 1.31. The van der Waals surface area contributed by atoms with E-state index < -0.39 is 0 Å². The second-order valence-corrected chi connectivity index (χ2v) is 7.91. The van der Waals surface area contributed by atoms with Crippen LogP contribution in [0.4, 0.5) is 5.69 Å². The molecule has 0 fully saturated rings. The van der Waals surface area contributed by atoms with Crippen molar-refractivity contribution in [3.63, 3.8) is 0 Å². The summed E-state index contributed by atoms with van der Waals surface area (Å²) in [6.45, 7) is 2.14. The molecule has 4 rings (SSSR count). The number of hydrogen-bond acceptors (Lipinski definition) is 2. The molecule has 0 saturated heterocycles. The van der Waals surface area contributed by atoms with Gasteiger partial charge >= 0.3 is 0 Å². The fourth-order valence-corrected chi connectivity index (χ4v) is 3.92. The van der Waals surface area contributed by atoms with E-state index in [0.717, 1.165) is 17.0 Å². The zero-order chi connectivity index (χ0) is 20.6. The molecule has 0 aromatic heterocycles. The van der Waals surface area contributed by atoms with Crippen LogP contribution in [0.15, 0.2) is 131 Å². The highest BCUT2D eigenvalue weighted by Gasteiger charge is 2.03. The molecule has 0 amide bonds. The van der Waals surface area contributed by atoms with Crippen LogP contribution in [0.5, 0.6) is 0 Å². The first-order valence-corrected chi connectivity index (χ1v) is 10.9. The van der Waals surface area contributed by atoms with Gasteiger partial charge in [-0.2, -0.15) is 0 Å². The van der Waals surface area contributed by atoms with Gasteiger partial charge in [-0.3, -0.25) is 0 Å². The summed E-state index contributed by atoms with van der Waals surface area (Å²) in [6, 6.07) is 37.6. The molecule has 146 valence electrons. The number of hydrogen-bond donors (Lipinski definition) is 0. The highest BCUT2D eigenvalue weighted by atomic mass is 32.2. The monoisotopic (exact) mass is 405 g/mol. The first-order valence-electron chi connectivity index (χ1n) is 9.98. The molecule has 0 spiro atoms. The molecule has 1 nitrogen and oxygen atoms in total. The minimum absolute atomic E-state index is 0.946. The van der Waals surface area contributed by atoms with Gasteiger partial charge in [-0.1, -0.05) is 103 Å². The van der Waals surface area contributed by atoms with Gasteiger partial charge < -0.3 is 0 Å². The van der Waals surface area contributed by atoms with E-state index in [1.54, 1.807) is 11.8 Å². The van der Waals surface area contributed by atoms with Gasteiger partial charge in [0, 0.05) is 10.5 Å². The van der Waals surface area contributed by atoms with Gasteiger partial charge in [0.05, 0.1) is 11.4 Å². The summed E-state index contributed by atoms with van der Waals surface area (Å²) in [4.78, 5) is 6.16. The summed E-state index contributed by atoms with van der Waals surface area (Å²) < 4.78 is 0.